The molecule has 3 aromatic carbocycles. The predicted octanol–water partition coefficient (Wildman–Crippen LogP) is 6.76. The van der Waals surface area contributed by atoms with Gasteiger partial charge in [-0.15, -0.1) is 23.1 Å². The van der Waals surface area contributed by atoms with Crippen LogP contribution in [-0.4, -0.2) is 16.6 Å². The lowest BCUT2D eigenvalue weighted by Crippen LogP contribution is -2.14. The first kappa shape index (κ1) is 20.6. The average molecular weight is 433 g/mol. The number of carbonyl (C=O) groups excluding carboxylic acids is 1. The summed E-state index contributed by atoms with van der Waals surface area (Å²) in [5, 5.41) is 3.98. The van der Waals surface area contributed by atoms with Crippen molar-refractivity contribution in [2.75, 3.05) is 11.1 Å². The Kier molecular flexibility index (Phi) is 6.21. The number of benzene rings is 3. The van der Waals surface area contributed by atoms with Gasteiger partial charge in [0.25, 0.3) is 0 Å². The number of anilines is 1. The minimum atomic E-state index is 0.0209. The van der Waals surface area contributed by atoms with E-state index in [0.717, 1.165) is 27.5 Å². The molecule has 0 spiro atoms. The zero-order chi connectivity index (χ0) is 21.1. The lowest BCUT2D eigenvalue weighted by Gasteiger charge is -2.07. The highest BCUT2D eigenvalue weighted by molar-refractivity contribution is 7.99. The Hall–Kier alpha value is -2.63. The van der Waals surface area contributed by atoms with Gasteiger partial charge in [-0.1, -0.05) is 35.4 Å². The van der Waals surface area contributed by atoms with Crippen LogP contribution in [0.25, 0.3) is 20.8 Å². The maximum absolute atomic E-state index is 12.3. The summed E-state index contributed by atoms with van der Waals surface area (Å²) in [6, 6.07) is 20.8. The molecule has 0 saturated heterocycles. The Morgan fingerprint density at radius 1 is 0.933 bits per heavy atom. The van der Waals surface area contributed by atoms with E-state index in [1.165, 1.54) is 27.0 Å². The number of fused-ring (bicyclic) bond motifs is 1. The van der Waals surface area contributed by atoms with Crippen molar-refractivity contribution in [3.8, 4) is 10.6 Å². The molecule has 0 aliphatic rings. The summed E-state index contributed by atoms with van der Waals surface area (Å²) in [7, 11) is 0. The predicted molar refractivity (Wildman–Crippen MR) is 131 cm³/mol. The fourth-order valence-corrected chi connectivity index (χ4v) is 5.29. The summed E-state index contributed by atoms with van der Waals surface area (Å²) in [6.45, 7) is 6.30. The van der Waals surface area contributed by atoms with Crippen molar-refractivity contribution in [1.29, 1.82) is 0 Å². The van der Waals surface area contributed by atoms with Crippen LogP contribution in [-0.2, 0) is 10.5 Å². The molecule has 0 aliphatic heterocycles. The van der Waals surface area contributed by atoms with Crippen molar-refractivity contribution < 1.29 is 4.79 Å². The third-order valence-corrected chi connectivity index (χ3v) is 6.81. The molecule has 4 rings (SSSR count). The molecule has 0 atom stereocenters. The molecule has 152 valence electrons. The molecule has 0 saturated carbocycles. The molecule has 4 aromatic rings. The Morgan fingerprint density at radius 3 is 2.40 bits per heavy atom. The Balaban J connectivity index is 1.34. The second kappa shape index (κ2) is 9.02. The number of aromatic nitrogens is 1. The van der Waals surface area contributed by atoms with Crippen LogP contribution in [0.2, 0.25) is 0 Å². The molecule has 1 heterocycles. The lowest BCUT2D eigenvalue weighted by molar-refractivity contribution is -0.113. The van der Waals surface area contributed by atoms with Crippen LogP contribution in [0.4, 0.5) is 5.69 Å². The molecule has 1 N–H and O–H groups in total. The van der Waals surface area contributed by atoms with E-state index in [0.29, 0.717) is 5.75 Å². The van der Waals surface area contributed by atoms with Crippen LogP contribution >= 0.6 is 23.1 Å². The Labute approximate surface area is 185 Å². The minimum Gasteiger partial charge on any atom is -0.325 e. The van der Waals surface area contributed by atoms with Crippen molar-refractivity contribution >= 4 is 44.9 Å². The smallest absolute Gasteiger partial charge is 0.234 e. The Bertz CT molecular complexity index is 1180. The summed E-state index contributed by atoms with van der Waals surface area (Å²) in [5.41, 5.74) is 7.94. The number of hydrogen-bond acceptors (Lipinski definition) is 4. The van der Waals surface area contributed by atoms with Gasteiger partial charge in [0, 0.05) is 17.0 Å². The fourth-order valence-electron chi connectivity index (χ4n) is 3.46. The molecule has 3 nitrogen and oxygen atoms in total. The highest BCUT2D eigenvalue weighted by Gasteiger charge is 2.08. The van der Waals surface area contributed by atoms with Crippen LogP contribution in [0.3, 0.4) is 0 Å². The van der Waals surface area contributed by atoms with Gasteiger partial charge in [0.05, 0.1) is 16.0 Å². The number of rotatable bonds is 6. The zero-order valence-electron chi connectivity index (χ0n) is 17.4. The van der Waals surface area contributed by atoms with E-state index in [4.69, 9.17) is 4.98 Å². The third-order valence-electron chi connectivity index (χ3n) is 4.74. The van der Waals surface area contributed by atoms with Crippen LogP contribution in [0, 0.1) is 20.8 Å². The van der Waals surface area contributed by atoms with Gasteiger partial charge in [0.2, 0.25) is 5.91 Å². The van der Waals surface area contributed by atoms with Gasteiger partial charge in [-0.25, -0.2) is 4.98 Å². The van der Waals surface area contributed by atoms with Crippen LogP contribution < -0.4 is 5.32 Å². The van der Waals surface area contributed by atoms with Crippen molar-refractivity contribution in [1.82, 2.24) is 4.98 Å². The normalized spacial score (nSPS) is 11.0. The van der Waals surface area contributed by atoms with E-state index < -0.39 is 0 Å². The largest absolute Gasteiger partial charge is 0.325 e. The maximum Gasteiger partial charge on any atom is 0.234 e. The van der Waals surface area contributed by atoms with Gasteiger partial charge >= 0.3 is 0 Å². The second-order valence-corrected chi connectivity index (χ2v) is 9.62. The number of hydrogen-bond donors (Lipinski definition) is 1. The zero-order valence-corrected chi connectivity index (χ0v) is 19.0. The Morgan fingerprint density at radius 2 is 1.67 bits per heavy atom. The van der Waals surface area contributed by atoms with Gasteiger partial charge in [0.15, 0.2) is 0 Å². The minimum absolute atomic E-state index is 0.0209. The number of amides is 1. The van der Waals surface area contributed by atoms with Crippen molar-refractivity contribution in [2.45, 2.75) is 26.5 Å². The quantitative estimate of drug-likeness (QED) is 0.366. The van der Waals surface area contributed by atoms with E-state index in [1.807, 2.05) is 24.3 Å². The maximum atomic E-state index is 12.3. The number of nitrogens with zero attached hydrogens (tertiary/aromatic N) is 1. The summed E-state index contributed by atoms with van der Waals surface area (Å²) in [5.74, 6) is 1.30. The first-order valence-corrected chi connectivity index (χ1v) is 11.9. The van der Waals surface area contributed by atoms with Gasteiger partial charge in [-0.05, 0) is 68.3 Å². The van der Waals surface area contributed by atoms with E-state index in [2.05, 4.69) is 62.5 Å². The number of carbonyl (C=O) groups is 1. The molecular formula is C25H24N2OS2. The monoisotopic (exact) mass is 432 g/mol. The first-order chi connectivity index (χ1) is 14.5. The lowest BCUT2D eigenvalue weighted by atomic mass is 10.1. The fraction of sp³-hybridized carbons (Fsp3) is 0.200. The first-order valence-electron chi connectivity index (χ1n) is 9.89. The van der Waals surface area contributed by atoms with Gasteiger partial charge in [-0.3, -0.25) is 4.79 Å². The molecule has 1 aromatic heterocycles. The molecule has 0 radical (unpaired) electrons. The molecule has 0 fully saturated rings. The molecule has 5 heteroatoms. The van der Waals surface area contributed by atoms with E-state index in [-0.39, 0.29) is 5.91 Å². The average Bonchev–Trinajstić information content (AvgIpc) is 3.11. The van der Waals surface area contributed by atoms with Crippen molar-refractivity contribution in [2.24, 2.45) is 0 Å². The van der Waals surface area contributed by atoms with Crippen LogP contribution in [0.5, 0.6) is 0 Å². The van der Waals surface area contributed by atoms with Gasteiger partial charge in [-0.2, -0.15) is 0 Å². The third kappa shape index (κ3) is 5.10. The molecule has 30 heavy (non-hydrogen) atoms. The van der Waals surface area contributed by atoms with Gasteiger partial charge < -0.3 is 5.32 Å². The highest BCUT2D eigenvalue weighted by Crippen LogP contribution is 2.31. The SMILES string of the molecule is Cc1cc(C)cc(CSCC(=O)Nc2ccc(-c3nc4ccc(C)cc4s3)cc2)c1. The van der Waals surface area contributed by atoms with Crippen LogP contribution in [0.15, 0.2) is 60.7 Å². The van der Waals surface area contributed by atoms with Crippen molar-refractivity contribution in [3.63, 3.8) is 0 Å². The molecule has 1 amide bonds. The summed E-state index contributed by atoms with van der Waals surface area (Å²) in [4.78, 5) is 17.0. The topological polar surface area (TPSA) is 42.0 Å². The number of aryl methyl sites for hydroxylation is 3. The van der Waals surface area contributed by atoms with Crippen molar-refractivity contribution in [3.05, 3.63) is 82.9 Å². The summed E-state index contributed by atoms with van der Waals surface area (Å²) in [6.07, 6.45) is 0. The standard InChI is InChI=1S/C25H24N2OS2/c1-16-4-9-22-23(13-16)30-25(27-22)20-5-7-21(8-6-20)26-24(28)15-29-14-19-11-17(2)10-18(3)12-19/h4-13H,14-15H2,1-3H3,(H,26,28). The van der Waals surface area contributed by atoms with E-state index >= 15 is 0 Å². The highest BCUT2D eigenvalue weighted by atomic mass is 32.2. The molecule has 0 bridgehead atoms. The number of nitrogens with one attached hydrogen (secondary N) is 1. The number of thioether (sulfide) groups is 1. The van der Waals surface area contributed by atoms with Crippen LogP contribution in [0.1, 0.15) is 22.3 Å². The molecule has 0 unspecified atom stereocenters. The summed E-state index contributed by atoms with van der Waals surface area (Å²) >= 11 is 3.33. The second-order valence-electron chi connectivity index (χ2n) is 7.60. The van der Waals surface area contributed by atoms with Gasteiger partial charge in [0.1, 0.15) is 5.01 Å². The molecular weight excluding hydrogens is 408 g/mol. The summed E-state index contributed by atoms with van der Waals surface area (Å²) < 4.78 is 1.20. The number of thiazole rings is 1. The van der Waals surface area contributed by atoms with E-state index in [1.54, 1.807) is 23.1 Å². The van der Waals surface area contributed by atoms with E-state index in [9.17, 15) is 4.79 Å². The molecule has 0 aliphatic carbocycles.